The predicted molar refractivity (Wildman–Crippen MR) is 74.6 cm³/mol. The number of thiophene rings is 1. The molecule has 18 heavy (non-hydrogen) atoms. The van der Waals surface area contributed by atoms with E-state index in [0.29, 0.717) is 17.5 Å². The second-order valence-electron chi connectivity index (χ2n) is 4.86. The van der Waals surface area contributed by atoms with E-state index in [1.54, 1.807) is 13.1 Å². The Kier molecular flexibility index (Phi) is 4.11. The molecule has 0 spiro atoms. The van der Waals surface area contributed by atoms with Crippen LogP contribution in [0, 0.1) is 13.8 Å². The van der Waals surface area contributed by atoms with E-state index in [-0.39, 0.29) is 0 Å². The zero-order valence-corrected chi connectivity index (χ0v) is 12.7. The number of hydrogen-bond acceptors (Lipinski definition) is 4. The highest BCUT2D eigenvalue weighted by molar-refractivity contribution is 7.89. The number of rotatable bonds is 4. The van der Waals surface area contributed by atoms with Gasteiger partial charge in [0.2, 0.25) is 10.0 Å². The van der Waals surface area contributed by atoms with Gasteiger partial charge in [0.25, 0.3) is 0 Å². The zero-order valence-electron chi connectivity index (χ0n) is 11.1. The van der Waals surface area contributed by atoms with Crippen LogP contribution in [-0.4, -0.2) is 38.9 Å². The van der Waals surface area contributed by atoms with Gasteiger partial charge in [-0.15, -0.1) is 11.3 Å². The molecule has 1 aromatic heterocycles. The SMILES string of the molecule is Cc1cc(S(=O)(=O)N(C)CC2CCCN2)c(C)s1. The maximum Gasteiger partial charge on any atom is 0.243 e. The van der Waals surface area contributed by atoms with E-state index in [1.165, 1.54) is 15.6 Å². The minimum Gasteiger partial charge on any atom is -0.313 e. The smallest absolute Gasteiger partial charge is 0.243 e. The van der Waals surface area contributed by atoms with E-state index >= 15 is 0 Å². The van der Waals surface area contributed by atoms with Crippen molar-refractivity contribution in [2.75, 3.05) is 20.1 Å². The van der Waals surface area contributed by atoms with E-state index in [9.17, 15) is 8.42 Å². The summed E-state index contributed by atoms with van der Waals surface area (Å²) in [4.78, 5) is 2.38. The van der Waals surface area contributed by atoms with Gasteiger partial charge in [-0.3, -0.25) is 0 Å². The molecule has 1 unspecified atom stereocenters. The number of nitrogens with zero attached hydrogens (tertiary/aromatic N) is 1. The molecule has 0 amide bonds. The highest BCUT2D eigenvalue weighted by Crippen LogP contribution is 2.27. The molecule has 1 aliphatic heterocycles. The molecule has 2 heterocycles. The summed E-state index contributed by atoms with van der Waals surface area (Å²) in [5, 5.41) is 3.33. The predicted octanol–water partition coefficient (Wildman–Crippen LogP) is 1.74. The van der Waals surface area contributed by atoms with E-state index in [0.717, 1.165) is 29.1 Å². The average Bonchev–Trinajstić information content (AvgIpc) is 2.88. The summed E-state index contributed by atoms with van der Waals surface area (Å²) in [6.07, 6.45) is 2.19. The molecule has 1 atom stereocenters. The van der Waals surface area contributed by atoms with Crippen molar-refractivity contribution in [3.8, 4) is 0 Å². The molecule has 0 aromatic carbocycles. The second kappa shape index (κ2) is 5.28. The van der Waals surface area contributed by atoms with Crippen LogP contribution in [0.4, 0.5) is 0 Å². The Morgan fingerprint density at radius 1 is 1.50 bits per heavy atom. The molecule has 1 saturated heterocycles. The molecule has 4 nitrogen and oxygen atoms in total. The van der Waals surface area contributed by atoms with Gasteiger partial charge in [-0.2, -0.15) is 4.31 Å². The number of nitrogens with one attached hydrogen (secondary N) is 1. The van der Waals surface area contributed by atoms with Gasteiger partial charge in [-0.1, -0.05) is 0 Å². The van der Waals surface area contributed by atoms with Crippen molar-refractivity contribution in [2.24, 2.45) is 0 Å². The van der Waals surface area contributed by atoms with Crippen molar-refractivity contribution in [2.45, 2.75) is 37.6 Å². The van der Waals surface area contributed by atoms with Crippen molar-refractivity contribution in [3.63, 3.8) is 0 Å². The lowest BCUT2D eigenvalue weighted by Gasteiger charge is -2.20. The second-order valence-corrected chi connectivity index (χ2v) is 8.33. The fraction of sp³-hybridized carbons (Fsp3) is 0.667. The minimum absolute atomic E-state index is 0.296. The third kappa shape index (κ3) is 2.77. The van der Waals surface area contributed by atoms with Crippen LogP contribution in [0.2, 0.25) is 0 Å². The maximum absolute atomic E-state index is 12.5. The molecular formula is C12H20N2O2S2. The van der Waals surface area contributed by atoms with Gasteiger partial charge in [-0.05, 0) is 39.3 Å². The van der Waals surface area contributed by atoms with Gasteiger partial charge in [0.1, 0.15) is 0 Å². The zero-order chi connectivity index (χ0) is 13.3. The van der Waals surface area contributed by atoms with E-state index < -0.39 is 10.0 Å². The molecule has 1 fully saturated rings. The van der Waals surface area contributed by atoms with Gasteiger partial charge < -0.3 is 5.32 Å². The van der Waals surface area contributed by atoms with Crippen LogP contribution in [0.25, 0.3) is 0 Å². The quantitative estimate of drug-likeness (QED) is 0.918. The van der Waals surface area contributed by atoms with Crippen LogP contribution in [0.5, 0.6) is 0 Å². The fourth-order valence-electron chi connectivity index (χ4n) is 2.35. The highest BCUT2D eigenvalue weighted by atomic mass is 32.2. The topological polar surface area (TPSA) is 49.4 Å². The first-order chi connectivity index (χ1) is 8.41. The molecule has 1 N–H and O–H groups in total. The molecule has 1 aromatic rings. The van der Waals surface area contributed by atoms with Crippen molar-refractivity contribution < 1.29 is 8.42 Å². The fourth-order valence-corrected chi connectivity index (χ4v) is 5.09. The Morgan fingerprint density at radius 3 is 2.72 bits per heavy atom. The highest BCUT2D eigenvalue weighted by Gasteiger charge is 2.27. The van der Waals surface area contributed by atoms with Gasteiger partial charge in [0.15, 0.2) is 0 Å². The van der Waals surface area contributed by atoms with E-state index in [2.05, 4.69) is 5.32 Å². The Balaban J connectivity index is 2.17. The summed E-state index contributed by atoms with van der Waals surface area (Å²) in [6.45, 7) is 5.35. The number of likely N-dealkylation sites (N-methyl/N-ethyl adjacent to an activating group) is 1. The first kappa shape index (κ1) is 14.0. The molecular weight excluding hydrogens is 268 g/mol. The Morgan fingerprint density at radius 2 is 2.22 bits per heavy atom. The third-order valence-electron chi connectivity index (χ3n) is 3.32. The van der Waals surface area contributed by atoms with Crippen LogP contribution >= 0.6 is 11.3 Å². The summed E-state index contributed by atoms with van der Waals surface area (Å²) in [7, 11) is -1.66. The molecule has 6 heteroatoms. The Bertz CT molecular complexity index is 516. The third-order valence-corrected chi connectivity index (χ3v) is 6.37. The normalized spacial score (nSPS) is 20.8. The number of sulfonamides is 1. The van der Waals surface area contributed by atoms with Crippen molar-refractivity contribution in [3.05, 3.63) is 15.8 Å². The largest absolute Gasteiger partial charge is 0.313 e. The van der Waals surface area contributed by atoms with Crippen molar-refractivity contribution in [1.29, 1.82) is 0 Å². The van der Waals surface area contributed by atoms with Gasteiger partial charge in [0, 0.05) is 29.4 Å². The van der Waals surface area contributed by atoms with Crippen LogP contribution in [0.3, 0.4) is 0 Å². The van der Waals surface area contributed by atoms with Crippen LogP contribution in [-0.2, 0) is 10.0 Å². The Labute approximate surface area is 113 Å². The van der Waals surface area contributed by atoms with Gasteiger partial charge >= 0.3 is 0 Å². The molecule has 102 valence electrons. The molecule has 0 radical (unpaired) electrons. The molecule has 0 bridgehead atoms. The van der Waals surface area contributed by atoms with Crippen LogP contribution in [0.1, 0.15) is 22.6 Å². The minimum atomic E-state index is -3.33. The number of hydrogen-bond donors (Lipinski definition) is 1. The van der Waals surface area contributed by atoms with Gasteiger partial charge in [0.05, 0.1) is 4.90 Å². The summed E-state index contributed by atoms with van der Waals surface area (Å²) in [5.74, 6) is 0. The maximum atomic E-state index is 12.5. The summed E-state index contributed by atoms with van der Waals surface area (Å²) in [5.41, 5.74) is 0. The Hall–Kier alpha value is -0.430. The lowest BCUT2D eigenvalue weighted by Crippen LogP contribution is -2.38. The average molecular weight is 288 g/mol. The summed E-state index contributed by atoms with van der Waals surface area (Å²) in [6, 6.07) is 2.07. The monoisotopic (exact) mass is 288 g/mol. The van der Waals surface area contributed by atoms with Crippen molar-refractivity contribution in [1.82, 2.24) is 9.62 Å². The lowest BCUT2D eigenvalue weighted by molar-refractivity contribution is 0.417. The summed E-state index contributed by atoms with van der Waals surface area (Å²) >= 11 is 1.53. The van der Waals surface area contributed by atoms with Gasteiger partial charge in [-0.25, -0.2) is 8.42 Å². The van der Waals surface area contributed by atoms with E-state index in [4.69, 9.17) is 0 Å². The van der Waals surface area contributed by atoms with Crippen molar-refractivity contribution >= 4 is 21.4 Å². The summed E-state index contributed by atoms with van der Waals surface area (Å²) < 4.78 is 26.4. The molecule has 1 aliphatic rings. The lowest BCUT2D eigenvalue weighted by atomic mass is 10.2. The first-order valence-electron chi connectivity index (χ1n) is 6.18. The molecule has 0 aliphatic carbocycles. The standard InChI is InChI=1S/C12H20N2O2S2/c1-9-7-12(10(2)17-9)18(15,16)14(3)8-11-5-4-6-13-11/h7,11,13H,4-6,8H2,1-3H3. The van der Waals surface area contributed by atoms with Crippen LogP contribution in [0.15, 0.2) is 11.0 Å². The van der Waals surface area contributed by atoms with E-state index in [1.807, 2.05) is 13.8 Å². The first-order valence-corrected chi connectivity index (χ1v) is 8.43. The molecule has 2 rings (SSSR count). The number of aryl methyl sites for hydroxylation is 2. The molecule has 0 saturated carbocycles. The van der Waals surface area contributed by atoms with Crippen LogP contribution < -0.4 is 5.32 Å².